The Morgan fingerprint density at radius 2 is 1.96 bits per heavy atom. The lowest BCUT2D eigenvalue weighted by atomic mass is 10.2. The monoisotopic (exact) mass is 371 g/mol. The first-order chi connectivity index (χ1) is 13.0. The molecule has 0 fully saturated rings. The molecule has 3 rings (SSSR count). The molecule has 27 heavy (non-hydrogen) atoms. The molecule has 1 aliphatic rings. The van der Waals surface area contributed by atoms with Gasteiger partial charge in [0.15, 0.2) is 24.2 Å². The Labute approximate surface area is 157 Å². The highest BCUT2D eigenvalue weighted by molar-refractivity contribution is 5.82. The average molecular weight is 371 g/mol. The van der Waals surface area contributed by atoms with Crippen LogP contribution in [0.15, 0.2) is 42.5 Å². The lowest BCUT2D eigenvalue weighted by molar-refractivity contribution is -0.154. The third kappa shape index (κ3) is 5.13. The number of esters is 1. The van der Waals surface area contributed by atoms with E-state index in [1.165, 1.54) is 0 Å². The van der Waals surface area contributed by atoms with Gasteiger partial charge in [-0.05, 0) is 49.2 Å². The number of aryl methyl sites for hydroxylation is 1. The number of hydrogen-bond acceptors (Lipinski definition) is 6. The second-order valence-corrected chi connectivity index (χ2v) is 6.15. The van der Waals surface area contributed by atoms with Crippen molar-refractivity contribution in [2.45, 2.75) is 26.5 Å². The van der Waals surface area contributed by atoms with Crippen molar-refractivity contribution >= 4 is 11.9 Å². The fourth-order valence-electron chi connectivity index (χ4n) is 2.50. The van der Waals surface area contributed by atoms with E-state index in [-0.39, 0.29) is 13.4 Å². The summed E-state index contributed by atoms with van der Waals surface area (Å²) >= 11 is 0. The van der Waals surface area contributed by atoms with Crippen molar-refractivity contribution in [2.75, 3.05) is 13.4 Å². The molecule has 0 aromatic heterocycles. The normalized spacial score (nSPS) is 13.0. The number of nitrogens with one attached hydrogen (secondary N) is 1. The van der Waals surface area contributed by atoms with Crippen LogP contribution in [-0.4, -0.2) is 31.4 Å². The number of benzene rings is 2. The maximum atomic E-state index is 12.0. The molecule has 1 N–H and O–H groups in total. The van der Waals surface area contributed by atoms with E-state index >= 15 is 0 Å². The van der Waals surface area contributed by atoms with Crippen molar-refractivity contribution in [3.05, 3.63) is 53.6 Å². The zero-order valence-electron chi connectivity index (χ0n) is 15.2. The molecule has 0 unspecified atom stereocenters. The molecule has 7 nitrogen and oxygen atoms in total. The van der Waals surface area contributed by atoms with Crippen molar-refractivity contribution in [1.29, 1.82) is 0 Å². The van der Waals surface area contributed by atoms with Crippen molar-refractivity contribution < 1.29 is 28.5 Å². The van der Waals surface area contributed by atoms with Gasteiger partial charge in [-0.25, -0.2) is 4.79 Å². The number of hydrogen-bond donors (Lipinski definition) is 1. The zero-order chi connectivity index (χ0) is 19.2. The number of rotatable bonds is 7. The third-order valence-electron chi connectivity index (χ3n) is 3.91. The summed E-state index contributed by atoms with van der Waals surface area (Å²) in [6.45, 7) is 3.63. The average Bonchev–Trinajstić information content (AvgIpc) is 3.12. The molecule has 1 amide bonds. The third-order valence-corrected chi connectivity index (χ3v) is 3.91. The summed E-state index contributed by atoms with van der Waals surface area (Å²) in [7, 11) is 0. The van der Waals surface area contributed by atoms with Crippen molar-refractivity contribution in [2.24, 2.45) is 0 Å². The van der Waals surface area contributed by atoms with Crippen LogP contribution in [0.25, 0.3) is 0 Å². The minimum Gasteiger partial charge on any atom is -0.479 e. The molecular formula is C20H21NO6. The number of carbonyl (C=O) groups is 2. The molecule has 0 bridgehead atoms. The SMILES string of the molecule is Cc1cccc(O[C@H](C)C(=O)OCC(=O)NCc2ccc3c(c2)OCO3)c1. The van der Waals surface area contributed by atoms with E-state index in [1.54, 1.807) is 25.1 Å². The first-order valence-corrected chi connectivity index (χ1v) is 8.56. The van der Waals surface area contributed by atoms with E-state index in [0.29, 0.717) is 23.8 Å². The van der Waals surface area contributed by atoms with E-state index in [1.807, 2.05) is 31.2 Å². The molecule has 0 saturated heterocycles. The quantitative estimate of drug-likeness (QED) is 0.753. The predicted octanol–water partition coefficient (Wildman–Crippen LogP) is 2.35. The van der Waals surface area contributed by atoms with Crippen LogP contribution in [0.2, 0.25) is 0 Å². The van der Waals surface area contributed by atoms with E-state index in [9.17, 15) is 9.59 Å². The Morgan fingerprint density at radius 3 is 2.78 bits per heavy atom. The number of carbonyl (C=O) groups excluding carboxylic acids is 2. The van der Waals surface area contributed by atoms with Crippen LogP contribution in [0.1, 0.15) is 18.1 Å². The molecule has 1 heterocycles. The molecule has 2 aromatic rings. The summed E-state index contributed by atoms with van der Waals surface area (Å²) in [5.74, 6) is 0.905. The molecule has 0 radical (unpaired) electrons. The van der Waals surface area contributed by atoms with Crippen molar-refractivity contribution in [1.82, 2.24) is 5.32 Å². The molecule has 142 valence electrons. The second-order valence-electron chi connectivity index (χ2n) is 6.15. The van der Waals surface area contributed by atoms with Gasteiger partial charge in [-0.1, -0.05) is 18.2 Å². The molecule has 0 aliphatic carbocycles. The Balaban J connectivity index is 1.41. The van der Waals surface area contributed by atoms with E-state index in [4.69, 9.17) is 18.9 Å². The fraction of sp³-hybridized carbons (Fsp3) is 0.300. The summed E-state index contributed by atoms with van der Waals surface area (Å²) in [5, 5.41) is 2.69. The van der Waals surface area contributed by atoms with Gasteiger partial charge in [-0.2, -0.15) is 0 Å². The summed E-state index contributed by atoms with van der Waals surface area (Å²) < 4.78 is 21.1. The van der Waals surface area contributed by atoms with Gasteiger partial charge in [0.25, 0.3) is 5.91 Å². The summed E-state index contributed by atoms with van der Waals surface area (Å²) in [6, 6.07) is 12.8. The summed E-state index contributed by atoms with van der Waals surface area (Å²) in [5.41, 5.74) is 1.88. The van der Waals surface area contributed by atoms with E-state index < -0.39 is 18.0 Å². The largest absolute Gasteiger partial charge is 0.479 e. The van der Waals surface area contributed by atoms with Crippen LogP contribution in [0.3, 0.4) is 0 Å². The van der Waals surface area contributed by atoms with E-state index in [0.717, 1.165) is 11.1 Å². The maximum Gasteiger partial charge on any atom is 0.347 e. The van der Waals surface area contributed by atoms with Gasteiger partial charge in [0, 0.05) is 6.54 Å². The Morgan fingerprint density at radius 1 is 1.15 bits per heavy atom. The van der Waals surface area contributed by atoms with Crippen LogP contribution in [-0.2, 0) is 20.9 Å². The smallest absolute Gasteiger partial charge is 0.347 e. The van der Waals surface area contributed by atoms with Crippen LogP contribution in [0.4, 0.5) is 0 Å². The topological polar surface area (TPSA) is 83.1 Å². The van der Waals surface area contributed by atoms with Gasteiger partial charge in [0.2, 0.25) is 6.79 Å². The first-order valence-electron chi connectivity index (χ1n) is 8.56. The maximum absolute atomic E-state index is 12.0. The predicted molar refractivity (Wildman–Crippen MR) is 96.6 cm³/mol. The fourth-order valence-corrected chi connectivity index (χ4v) is 2.50. The molecule has 0 saturated carbocycles. The van der Waals surface area contributed by atoms with Crippen molar-refractivity contribution in [3.8, 4) is 17.2 Å². The van der Waals surface area contributed by atoms with Gasteiger partial charge in [0.05, 0.1) is 0 Å². The van der Waals surface area contributed by atoms with Crippen LogP contribution in [0, 0.1) is 6.92 Å². The highest BCUT2D eigenvalue weighted by Gasteiger charge is 2.18. The van der Waals surface area contributed by atoms with Gasteiger partial charge in [-0.15, -0.1) is 0 Å². The highest BCUT2D eigenvalue weighted by atomic mass is 16.7. The van der Waals surface area contributed by atoms with Gasteiger partial charge >= 0.3 is 5.97 Å². The van der Waals surface area contributed by atoms with Crippen LogP contribution < -0.4 is 19.5 Å². The number of ether oxygens (including phenoxy) is 4. The molecule has 0 spiro atoms. The Hall–Kier alpha value is -3.22. The minimum absolute atomic E-state index is 0.198. The van der Waals surface area contributed by atoms with Gasteiger partial charge in [0.1, 0.15) is 5.75 Å². The van der Waals surface area contributed by atoms with Gasteiger partial charge in [-0.3, -0.25) is 4.79 Å². The number of fused-ring (bicyclic) bond motifs is 1. The first kappa shape index (κ1) is 18.6. The lowest BCUT2D eigenvalue weighted by Gasteiger charge is -2.14. The van der Waals surface area contributed by atoms with Crippen LogP contribution in [0.5, 0.6) is 17.2 Å². The minimum atomic E-state index is -0.812. The second kappa shape index (κ2) is 8.44. The molecule has 1 atom stereocenters. The van der Waals surface area contributed by atoms with Crippen molar-refractivity contribution in [3.63, 3.8) is 0 Å². The summed E-state index contributed by atoms with van der Waals surface area (Å²) in [4.78, 5) is 23.9. The standard InChI is InChI=1S/C20H21NO6/c1-13-4-3-5-16(8-13)27-14(2)20(23)24-11-19(22)21-10-15-6-7-17-18(9-15)26-12-25-17/h3-9,14H,10-12H2,1-2H3,(H,21,22)/t14-/m1/s1. The Kier molecular flexibility index (Phi) is 5.80. The molecular weight excluding hydrogens is 350 g/mol. The highest BCUT2D eigenvalue weighted by Crippen LogP contribution is 2.32. The summed E-state index contributed by atoms with van der Waals surface area (Å²) in [6.07, 6.45) is -0.812. The zero-order valence-corrected chi connectivity index (χ0v) is 15.2. The number of amides is 1. The van der Waals surface area contributed by atoms with Gasteiger partial charge < -0.3 is 24.3 Å². The molecule has 7 heteroatoms. The van der Waals surface area contributed by atoms with E-state index in [2.05, 4.69) is 5.32 Å². The lowest BCUT2D eigenvalue weighted by Crippen LogP contribution is -2.32. The Bertz CT molecular complexity index is 835. The van der Waals surface area contributed by atoms with Crippen LogP contribution >= 0.6 is 0 Å². The molecule has 2 aromatic carbocycles. The molecule has 1 aliphatic heterocycles.